The Morgan fingerprint density at radius 1 is 1.17 bits per heavy atom. The number of carbonyl (C=O) groups is 1. The van der Waals surface area contributed by atoms with E-state index in [4.69, 9.17) is 5.73 Å². The zero-order valence-electron chi connectivity index (χ0n) is 9.71. The minimum atomic E-state index is -0.534. The van der Waals surface area contributed by atoms with Gasteiger partial charge in [-0.1, -0.05) is 27.6 Å². The summed E-state index contributed by atoms with van der Waals surface area (Å²) in [6, 6.07) is 9.36. The number of anilines is 1. The molecule has 0 aliphatic heterocycles. The van der Waals surface area contributed by atoms with Crippen molar-refractivity contribution in [3.05, 3.63) is 63.4 Å². The summed E-state index contributed by atoms with van der Waals surface area (Å²) in [7, 11) is 0. The molecule has 0 saturated carbocycles. The highest BCUT2D eigenvalue weighted by Gasteiger charge is 2.16. The number of carbonyl (C=O) groups excluding carboxylic acids is 1. The van der Waals surface area contributed by atoms with Crippen molar-refractivity contribution in [2.45, 2.75) is 6.92 Å². The molecule has 0 aliphatic rings. The van der Waals surface area contributed by atoms with E-state index in [0.29, 0.717) is 11.3 Å². The van der Waals surface area contributed by atoms with Crippen LogP contribution in [-0.4, -0.2) is 5.78 Å². The monoisotopic (exact) mass is 307 g/mol. The SMILES string of the molecule is Cc1ccc(F)c(C(=O)c2ccc(Br)cc2N)c1. The lowest BCUT2D eigenvalue weighted by Crippen LogP contribution is -2.07. The first-order chi connectivity index (χ1) is 8.49. The van der Waals surface area contributed by atoms with Crippen LogP contribution in [0.15, 0.2) is 40.9 Å². The fraction of sp³-hybridized carbons (Fsp3) is 0.0714. The molecule has 0 heterocycles. The normalized spacial score (nSPS) is 10.4. The molecule has 0 spiro atoms. The highest BCUT2D eigenvalue weighted by molar-refractivity contribution is 9.10. The third-order valence-corrected chi connectivity index (χ3v) is 3.12. The lowest BCUT2D eigenvalue weighted by Gasteiger charge is -2.07. The van der Waals surface area contributed by atoms with Gasteiger partial charge in [0.25, 0.3) is 0 Å². The molecule has 0 bridgehead atoms. The maximum Gasteiger partial charge on any atom is 0.198 e. The van der Waals surface area contributed by atoms with Crippen molar-refractivity contribution in [1.29, 1.82) is 0 Å². The number of rotatable bonds is 2. The Balaban J connectivity index is 2.51. The highest BCUT2D eigenvalue weighted by Crippen LogP contribution is 2.23. The summed E-state index contributed by atoms with van der Waals surface area (Å²) < 4.78 is 14.4. The van der Waals surface area contributed by atoms with Crippen molar-refractivity contribution in [2.24, 2.45) is 0 Å². The summed E-state index contributed by atoms with van der Waals surface area (Å²) in [5.74, 6) is -0.936. The van der Waals surface area contributed by atoms with Crippen molar-refractivity contribution in [3.63, 3.8) is 0 Å². The summed E-state index contributed by atoms with van der Waals surface area (Å²) >= 11 is 3.26. The molecule has 18 heavy (non-hydrogen) atoms. The Morgan fingerprint density at radius 2 is 1.89 bits per heavy atom. The van der Waals surface area contributed by atoms with E-state index in [1.807, 2.05) is 0 Å². The summed E-state index contributed by atoms with van der Waals surface area (Å²) in [6.07, 6.45) is 0. The third kappa shape index (κ3) is 2.43. The van der Waals surface area contributed by atoms with Crippen LogP contribution in [0.5, 0.6) is 0 Å². The van der Waals surface area contributed by atoms with Crippen LogP contribution in [0, 0.1) is 12.7 Å². The summed E-state index contributed by atoms with van der Waals surface area (Å²) in [5.41, 5.74) is 7.29. The second-order valence-corrected chi connectivity index (χ2v) is 4.96. The minimum absolute atomic E-state index is 0.0454. The average molecular weight is 308 g/mol. The van der Waals surface area contributed by atoms with Crippen LogP contribution in [0.4, 0.5) is 10.1 Å². The standard InChI is InChI=1S/C14H11BrFNO/c1-8-2-5-12(16)11(6-8)14(18)10-4-3-9(15)7-13(10)17/h2-7H,17H2,1H3. The van der Waals surface area contributed by atoms with Crippen LogP contribution in [-0.2, 0) is 0 Å². The lowest BCUT2D eigenvalue weighted by molar-refractivity contribution is 0.103. The first kappa shape index (κ1) is 12.8. The van der Waals surface area contributed by atoms with Gasteiger partial charge in [0.2, 0.25) is 0 Å². The van der Waals surface area contributed by atoms with Crippen molar-refractivity contribution >= 4 is 27.4 Å². The van der Waals surface area contributed by atoms with Gasteiger partial charge in [0.15, 0.2) is 5.78 Å². The third-order valence-electron chi connectivity index (χ3n) is 2.62. The van der Waals surface area contributed by atoms with E-state index in [1.165, 1.54) is 12.1 Å². The van der Waals surface area contributed by atoms with E-state index in [-0.39, 0.29) is 5.56 Å². The number of benzene rings is 2. The van der Waals surface area contributed by atoms with E-state index in [0.717, 1.165) is 10.0 Å². The Hall–Kier alpha value is -1.68. The Kier molecular flexibility index (Phi) is 3.48. The molecule has 2 N–H and O–H groups in total. The molecule has 0 unspecified atom stereocenters. The number of nitrogens with two attached hydrogens (primary N) is 1. The summed E-state index contributed by atoms with van der Waals surface area (Å²) in [6.45, 7) is 1.81. The van der Waals surface area contributed by atoms with Gasteiger partial charge in [-0.2, -0.15) is 0 Å². The molecular formula is C14H11BrFNO. The van der Waals surface area contributed by atoms with Gasteiger partial charge < -0.3 is 5.73 Å². The molecular weight excluding hydrogens is 297 g/mol. The lowest BCUT2D eigenvalue weighted by atomic mass is 10.00. The van der Waals surface area contributed by atoms with Gasteiger partial charge >= 0.3 is 0 Å². The van der Waals surface area contributed by atoms with E-state index >= 15 is 0 Å². The van der Waals surface area contributed by atoms with Crippen molar-refractivity contribution in [2.75, 3.05) is 5.73 Å². The molecule has 4 heteroatoms. The van der Waals surface area contributed by atoms with Crippen molar-refractivity contribution in [3.8, 4) is 0 Å². The number of aryl methyl sites for hydroxylation is 1. The van der Waals surface area contributed by atoms with E-state index < -0.39 is 11.6 Å². The molecule has 2 aromatic carbocycles. The van der Waals surface area contributed by atoms with Crippen LogP contribution in [0.2, 0.25) is 0 Å². The molecule has 0 atom stereocenters. The zero-order valence-corrected chi connectivity index (χ0v) is 11.3. The predicted molar refractivity (Wildman–Crippen MR) is 73.1 cm³/mol. The fourth-order valence-electron chi connectivity index (χ4n) is 1.70. The number of hydrogen-bond donors (Lipinski definition) is 1. The van der Waals surface area contributed by atoms with Crippen LogP contribution in [0.3, 0.4) is 0 Å². The number of nitrogen functional groups attached to an aromatic ring is 1. The summed E-state index contributed by atoms with van der Waals surface area (Å²) in [5, 5.41) is 0. The maximum atomic E-state index is 13.6. The second-order valence-electron chi connectivity index (χ2n) is 4.04. The van der Waals surface area contributed by atoms with E-state index in [2.05, 4.69) is 15.9 Å². The van der Waals surface area contributed by atoms with Crippen LogP contribution in [0.25, 0.3) is 0 Å². The number of halogens is 2. The first-order valence-corrected chi connectivity index (χ1v) is 6.14. The summed E-state index contributed by atoms with van der Waals surface area (Å²) in [4.78, 5) is 12.2. The molecule has 0 aromatic heterocycles. The highest BCUT2D eigenvalue weighted by atomic mass is 79.9. The Labute approximate surface area is 113 Å². The van der Waals surface area contributed by atoms with E-state index in [9.17, 15) is 9.18 Å². The molecule has 2 nitrogen and oxygen atoms in total. The van der Waals surface area contributed by atoms with Gasteiger partial charge in [-0.3, -0.25) is 4.79 Å². The minimum Gasteiger partial charge on any atom is -0.398 e. The first-order valence-electron chi connectivity index (χ1n) is 5.35. The predicted octanol–water partition coefficient (Wildman–Crippen LogP) is 3.71. The van der Waals surface area contributed by atoms with Gasteiger partial charge in [-0.15, -0.1) is 0 Å². The molecule has 0 fully saturated rings. The Morgan fingerprint density at radius 3 is 2.56 bits per heavy atom. The zero-order chi connectivity index (χ0) is 13.3. The molecule has 0 aliphatic carbocycles. The van der Waals surface area contributed by atoms with Gasteiger partial charge in [-0.25, -0.2) is 4.39 Å². The van der Waals surface area contributed by atoms with Gasteiger partial charge in [0.1, 0.15) is 5.82 Å². The largest absolute Gasteiger partial charge is 0.398 e. The van der Waals surface area contributed by atoms with Crippen LogP contribution < -0.4 is 5.73 Å². The quantitative estimate of drug-likeness (QED) is 0.679. The van der Waals surface area contributed by atoms with Gasteiger partial charge in [0.05, 0.1) is 5.56 Å². The Bertz CT molecular complexity index is 625. The number of ketones is 1. The van der Waals surface area contributed by atoms with E-state index in [1.54, 1.807) is 31.2 Å². The molecule has 0 saturated heterocycles. The molecule has 0 radical (unpaired) electrons. The fourth-order valence-corrected chi connectivity index (χ4v) is 2.08. The average Bonchev–Trinajstić information content (AvgIpc) is 2.31. The van der Waals surface area contributed by atoms with Gasteiger partial charge in [0, 0.05) is 15.7 Å². The molecule has 2 aromatic rings. The van der Waals surface area contributed by atoms with Crippen molar-refractivity contribution < 1.29 is 9.18 Å². The number of hydrogen-bond acceptors (Lipinski definition) is 2. The van der Waals surface area contributed by atoms with Crippen molar-refractivity contribution in [1.82, 2.24) is 0 Å². The van der Waals surface area contributed by atoms with Crippen LogP contribution >= 0.6 is 15.9 Å². The van der Waals surface area contributed by atoms with Crippen LogP contribution in [0.1, 0.15) is 21.5 Å². The second kappa shape index (κ2) is 4.90. The maximum absolute atomic E-state index is 13.6. The topological polar surface area (TPSA) is 43.1 Å². The smallest absolute Gasteiger partial charge is 0.198 e. The van der Waals surface area contributed by atoms with Gasteiger partial charge in [-0.05, 0) is 37.3 Å². The molecule has 0 amide bonds. The molecule has 2 rings (SSSR count). The molecule has 92 valence electrons.